The zero-order valence-electron chi connectivity index (χ0n) is 9.53. The Morgan fingerprint density at radius 2 is 2.27 bits per heavy atom. The van der Waals surface area contributed by atoms with Crippen molar-refractivity contribution >= 4 is 5.82 Å². The van der Waals surface area contributed by atoms with Gasteiger partial charge in [-0.3, -0.25) is 0 Å². The maximum atomic E-state index is 5.60. The smallest absolute Gasteiger partial charge is 0.131 e. The molecule has 0 bridgehead atoms. The second-order valence-electron chi connectivity index (χ2n) is 4.21. The minimum atomic E-state index is 0.573. The first kappa shape index (κ1) is 10.4. The average Bonchev–Trinajstić information content (AvgIpc) is 3.05. The highest BCUT2D eigenvalue weighted by atomic mass is 15.2. The molecule has 2 rings (SSSR count). The Bertz CT molecular complexity index is 345. The largest absolute Gasteiger partial charge is 0.354 e. The number of aromatic nitrogens is 1. The van der Waals surface area contributed by atoms with Gasteiger partial charge in [0.2, 0.25) is 0 Å². The summed E-state index contributed by atoms with van der Waals surface area (Å²) in [4.78, 5) is 6.93. The molecule has 0 spiro atoms. The van der Waals surface area contributed by atoms with Crippen molar-refractivity contribution in [3.05, 3.63) is 23.4 Å². The normalized spacial score (nSPS) is 15.4. The van der Waals surface area contributed by atoms with Gasteiger partial charge in [-0.25, -0.2) is 4.98 Å². The molecule has 15 heavy (non-hydrogen) atoms. The fourth-order valence-electron chi connectivity index (χ4n) is 2.01. The van der Waals surface area contributed by atoms with Crippen molar-refractivity contribution in [1.82, 2.24) is 4.98 Å². The second-order valence-corrected chi connectivity index (χ2v) is 4.21. The van der Waals surface area contributed by atoms with Gasteiger partial charge in [-0.2, -0.15) is 0 Å². The summed E-state index contributed by atoms with van der Waals surface area (Å²) in [6.45, 7) is 5.92. The first-order chi connectivity index (χ1) is 7.26. The number of aryl methyl sites for hydroxylation is 1. The number of hydrogen-bond acceptors (Lipinski definition) is 3. The molecule has 0 unspecified atom stereocenters. The van der Waals surface area contributed by atoms with Gasteiger partial charge in [0.15, 0.2) is 0 Å². The molecule has 1 aromatic rings. The molecule has 1 aliphatic rings. The number of nitrogens with zero attached hydrogens (tertiary/aromatic N) is 2. The van der Waals surface area contributed by atoms with E-state index in [-0.39, 0.29) is 0 Å². The summed E-state index contributed by atoms with van der Waals surface area (Å²) in [5.74, 6) is 1.14. The molecule has 1 aliphatic carbocycles. The predicted octanol–water partition coefficient (Wildman–Crippen LogP) is 1.84. The van der Waals surface area contributed by atoms with E-state index in [4.69, 9.17) is 5.73 Å². The lowest BCUT2D eigenvalue weighted by Gasteiger charge is -2.23. The maximum Gasteiger partial charge on any atom is 0.131 e. The van der Waals surface area contributed by atoms with Crippen LogP contribution in [0.15, 0.2) is 12.3 Å². The summed E-state index contributed by atoms with van der Waals surface area (Å²) in [5, 5.41) is 0. The van der Waals surface area contributed by atoms with E-state index in [1.54, 1.807) is 0 Å². The summed E-state index contributed by atoms with van der Waals surface area (Å²) < 4.78 is 0. The maximum absolute atomic E-state index is 5.60. The number of nitrogens with two attached hydrogens (primary N) is 1. The van der Waals surface area contributed by atoms with Crippen molar-refractivity contribution in [2.75, 3.05) is 11.4 Å². The summed E-state index contributed by atoms with van der Waals surface area (Å²) in [6.07, 6.45) is 4.52. The number of anilines is 1. The van der Waals surface area contributed by atoms with E-state index in [0.717, 1.165) is 24.0 Å². The van der Waals surface area contributed by atoms with Crippen LogP contribution in [0.3, 0.4) is 0 Å². The Morgan fingerprint density at radius 3 is 2.73 bits per heavy atom. The zero-order valence-corrected chi connectivity index (χ0v) is 9.53. The topological polar surface area (TPSA) is 42.2 Å². The minimum absolute atomic E-state index is 0.573. The van der Waals surface area contributed by atoms with Crippen molar-refractivity contribution < 1.29 is 0 Å². The van der Waals surface area contributed by atoms with Crippen molar-refractivity contribution in [1.29, 1.82) is 0 Å². The van der Waals surface area contributed by atoms with Gasteiger partial charge in [-0.1, -0.05) is 0 Å². The van der Waals surface area contributed by atoms with Gasteiger partial charge >= 0.3 is 0 Å². The number of hydrogen-bond donors (Lipinski definition) is 1. The molecule has 1 heterocycles. The standard InChI is InChI=1S/C12H19N3/c1-3-15(11-4-5-11)12-9(2)6-10(7-13)8-14-12/h6,8,11H,3-5,7,13H2,1-2H3. The second kappa shape index (κ2) is 4.19. The first-order valence-electron chi connectivity index (χ1n) is 5.68. The third-order valence-corrected chi connectivity index (χ3v) is 2.94. The lowest BCUT2D eigenvalue weighted by Crippen LogP contribution is -2.26. The monoisotopic (exact) mass is 205 g/mol. The SMILES string of the molecule is CCN(c1ncc(CN)cc1C)C1CC1. The zero-order chi connectivity index (χ0) is 10.8. The van der Waals surface area contributed by atoms with E-state index in [9.17, 15) is 0 Å². The van der Waals surface area contributed by atoms with E-state index in [1.807, 2.05) is 6.20 Å². The minimum Gasteiger partial charge on any atom is -0.354 e. The third-order valence-electron chi connectivity index (χ3n) is 2.94. The van der Waals surface area contributed by atoms with Gasteiger partial charge < -0.3 is 10.6 Å². The molecular formula is C12H19N3. The van der Waals surface area contributed by atoms with Crippen LogP contribution >= 0.6 is 0 Å². The quantitative estimate of drug-likeness (QED) is 0.815. The highest BCUT2D eigenvalue weighted by Crippen LogP contribution is 2.31. The van der Waals surface area contributed by atoms with Crippen LogP contribution in [-0.2, 0) is 6.54 Å². The van der Waals surface area contributed by atoms with Gasteiger partial charge in [0.1, 0.15) is 5.82 Å². The van der Waals surface area contributed by atoms with E-state index >= 15 is 0 Å². The van der Waals surface area contributed by atoms with Gasteiger partial charge in [0.25, 0.3) is 0 Å². The molecule has 1 saturated carbocycles. The van der Waals surface area contributed by atoms with E-state index < -0.39 is 0 Å². The first-order valence-corrected chi connectivity index (χ1v) is 5.68. The predicted molar refractivity (Wildman–Crippen MR) is 62.9 cm³/mol. The molecule has 1 aromatic heterocycles. The van der Waals surface area contributed by atoms with Crippen LogP contribution in [0.2, 0.25) is 0 Å². The van der Waals surface area contributed by atoms with Crippen LogP contribution in [0.4, 0.5) is 5.82 Å². The molecule has 0 aliphatic heterocycles. The van der Waals surface area contributed by atoms with Crippen LogP contribution in [0.1, 0.15) is 30.9 Å². The molecule has 0 amide bonds. The summed E-state index contributed by atoms with van der Waals surface area (Å²) >= 11 is 0. The molecule has 1 fully saturated rings. The average molecular weight is 205 g/mol. The molecule has 3 nitrogen and oxygen atoms in total. The highest BCUT2D eigenvalue weighted by molar-refractivity contribution is 5.49. The van der Waals surface area contributed by atoms with E-state index in [1.165, 1.54) is 18.4 Å². The fraction of sp³-hybridized carbons (Fsp3) is 0.583. The molecular weight excluding hydrogens is 186 g/mol. The van der Waals surface area contributed by atoms with Crippen molar-refractivity contribution in [2.24, 2.45) is 5.73 Å². The van der Waals surface area contributed by atoms with Crippen LogP contribution < -0.4 is 10.6 Å². The molecule has 0 aromatic carbocycles. The van der Waals surface area contributed by atoms with Crippen LogP contribution in [0.5, 0.6) is 0 Å². The third kappa shape index (κ3) is 2.12. The van der Waals surface area contributed by atoms with Gasteiger partial charge in [-0.05, 0) is 43.9 Å². The van der Waals surface area contributed by atoms with Gasteiger partial charge in [0, 0.05) is 25.3 Å². The lowest BCUT2D eigenvalue weighted by atomic mass is 10.2. The van der Waals surface area contributed by atoms with E-state index in [2.05, 4.69) is 29.8 Å². The summed E-state index contributed by atoms with van der Waals surface area (Å²) in [5.41, 5.74) is 7.95. The Hall–Kier alpha value is -1.09. The fourth-order valence-corrected chi connectivity index (χ4v) is 2.01. The van der Waals surface area contributed by atoms with Gasteiger partial charge in [0.05, 0.1) is 0 Å². The number of pyridine rings is 1. The van der Waals surface area contributed by atoms with Crippen molar-refractivity contribution in [3.8, 4) is 0 Å². The lowest BCUT2D eigenvalue weighted by molar-refractivity contribution is 0.801. The molecule has 3 heteroatoms. The molecule has 0 saturated heterocycles. The van der Waals surface area contributed by atoms with Gasteiger partial charge in [-0.15, -0.1) is 0 Å². The van der Waals surface area contributed by atoms with Crippen LogP contribution in [0.25, 0.3) is 0 Å². The van der Waals surface area contributed by atoms with Crippen LogP contribution in [0, 0.1) is 6.92 Å². The Kier molecular flexibility index (Phi) is 2.91. The Balaban J connectivity index is 2.26. The Morgan fingerprint density at radius 1 is 1.53 bits per heavy atom. The highest BCUT2D eigenvalue weighted by Gasteiger charge is 2.29. The molecule has 82 valence electrons. The molecule has 2 N–H and O–H groups in total. The Labute approximate surface area is 91.3 Å². The number of rotatable bonds is 4. The molecule has 0 radical (unpaired) electrons. The molecule has 0 atom stereocenters. The van der Waals surface area contributed by atoms with Crippen LogP contribution in [-0.4, -0.2) is 17.6 Å². The van der Waals surface area contributed by atoms with Crippen molar-refractivity contribution in [2.45, 2.75) is 39.3 Å². The van der Waals surface area contributed by atoms with E-state index in [0.29, 0.717) is 6.54 Å². The summed E-state index contributed by atoms with van der Waals surface area (Å²) in [6, 6.07) is 2.87. The summed E-state index contributed by atoms with van der Waals surface area (Å²) in [7, 11) is 0. The van der Waals surface area contributed by atoms with Crippen molar-refractivity contribution in [3.63, 3.8) is 0 Å².